The fourth-order valence-corrected chi connectivity index (χ4v) is 6.87. The van der Waals surface area contributed by atoms with Crippen molar-refractivity contribution in [3.8, 4) is 0 Å². The van der Waals surface area contributed by atoms with Crippen LogP contribution >= 0.6 is 0 Å². The van der Waals surface area contributed by atoms with Gasteiger partial charge in [-0.05, 0) is 92.3 Å². The molecule has 44 heavy (non-hydrogen) atoms. The van der Waals surface area contributed by atoms with Crippen molar-refractivity contribution < 1.29 is 22.8 Å². The average molecular weight is 608 g/mol. The number of hydrogen-bond donors (Lipinski definition) is 1. The van der Waals surface area contributed by atoms with E-state index in [1.807, 2.05) is 53.4 Å². The second kappa shape index (κ2) is 13.3. The lowest BCUT2D eigenvalue weighted by molar-refractivity contribution is -0.135. The van der Waals surface area contributed by atoms with Crippen LogP contribution in [0.2, 0.25) is 0 Å². The van der Waals surface area contributed by atoms with E-state index in [-0.39, 0.29) is 16.9 Å². The third-order valence-corrected chi connectivity index (χ3v) is 9.36. The van der Waals surface area contributed by atoms with Crippen LogP contribution in [-0.4, -0.2) is 47.2 Å². The molecule has 0 radical (unpaired) electrons. The monoisotopic (exact) mass is 607 g/mol. The molecule has 0 spiro atoms. The summed E-state index contributed by atoms with van der Waals surface area (Å²) in [5.74, 6) is -1.65. The summed E-state index contributed by atoms with van der Waals surface area (Å²) in [5.41, 5.74) is 4.19. The Morgan fingerprint density at radius 1 is 1.02 bits per heavy atom. The smallest absolute Gasteiger partial charge is 0.257 e. The number of alkyl halides is 2. The molecule has 1 N–H and O–H groups in total. The number of amides is 2. The van der Waals surface area contributed by atoms with Crippen molar-refractivity contribution in [1.82, 2.24) is 9.80 Å². The van der Waals surface area contributed by atoms with E-state index < -0.39 is 36.2 Å². The number of nitrogens with zero attached hydrogens (tertiary/aromatic N) is 2. The molecule has 2 aromatic rings. The summed E-state index contributed by atoms with van der Waals surface area (Å²) >= 11 is 0. The van der Waals surface area contributed by atoms with Crippen LogP contribution in [0.4, 0.5) is 18.9 Å². The maximum atomic E-state index is 15.1. The third-order valence-electron chi connectivity index (χ3n) is 9.36. The Bertz CT molecular complexity index is 1430. The second-order valence-corrected chi connectivity index (χ2v) is 13.5. The minimum atomic E-state index is -2.38. The maximum absolute atomic E-state index is 15.1. The van der Waals surface area contributed by atoms with E-state index in [9.17, 15) is 18.4 Å². The highest BCUT2D eigenvalue weighted by atomic mass is 19.3. The molecule has 8 heteroatoms. The van der Waals surface area contributed by atoms with E-state index in [0.717, 1.165) is 23.1 Å². The van der Waals surface area contributed by atoms with Crippen molar-refractivity contribution in [3.63, 3.8) is 0 Å². The number of carbonyl (C=O) groups excluding carboxylic acids is 2. The first-order valence-corrected chi connectivity index (χ1v) is 15.8. The van der Waals surface area contributed by atoms with E-state index >= 15 is 4.39 Å². The number of hydrogen-bond acceptors (Lipinski definition) is 3. The van der Waals surface area contributed by atoms with Gasteiger partial charge in [-0.25, -0.2) is 13.2 Å². The van der Waals surface area contributed by atoms with Gasteiger partial charge >= 0.3 is 0 Å². The van der Waals surface area contributed by atoms with Gasteiger partial charge in [-0.2, -0.15) is 0 Å². The van der Waals surface area contributed by atoms with Gasteiger partial charge < -0.3 is 10.2 Å². The van der Waals surface area contributed by atoms with Crippen LogP contribution in [0.15, 0.2) is 71.6 Å². The molecule has 5 rings (SSSR count). The second-order valence-electron chi connectivity index (χ2n) is 13.5. The summed E-state index contributed by atoms with van der Waals surface area (Å²) in [6.45, 7) is 9.60. The zero-order valence-corrected chi connectivity index (χ0v) is 26.2. The first-order chi connectivity index (χ1) is 20.9. The lowest BCUT2D eigenvalue weighted by Gasteiger charge is -2.41. The highest BCUT2D eigenvalue weighted by Gasteiger charge is 2.41. The van der Waals surface area contributed by atoms with Gasteiger partial charge in [0.05, 0.1) is 23.6 Å². The molecule has 2 aliphatic heterocycles. The van der Waals surface area contributed by atoms with Crippen LogP contribution in [-0.2, 0) is 21.5 Å². The topological polar surface area (TPSA) is 52.7 Å². The molecule has 0 bridgehead atoms. The highest BCUT2D eigenvalue weighted by Crippen LogP contribution is 2.40. The van der Waals surface area contributed by atoms with Gasteiger partial charge in [0, 0.05) is 18.8 Å². The van der Waals surface area contributed by atoms with Crippen LogP contribution in [0, 0.1) is 5.92 Å². The normalized spacial score (nSPS) is 23.2. The van der Waals surface area contributed by atoms with Crippen molar-refractivity contribution in [2.45, 2.75) is 96.7 Å². The van der Waals surface area contributed by atoms with E-state index in [4.69, 9.17) is 0 Å². The molecule has 2 amide bonds. The first kappa shape index (κ1) is 32.0. The Labute approximate surface area is 259 Å². The van der Waals surface area contributed by atoms with Crippen LogP contribution in [0.25, 0.3) is 0 Å². The zero-order valence-electron chi connectivity index (χ0n) is 26.2. The molecule has 3 aliphatic rings. The Morgan fingerprint density at radius 2 is 1.75 bits per heavy atom. The zero-order chi connectivity index (χ0) is 31.6. The van der Waals surface area contributed by atoms with Crippen LogP contribution in [0.3, 0.4) is 0 Å². The molecule has 5 nitrogen and oxygen atoms in total. The fraction of sp³-hybridized carbons (Fsp3) is 0.500. The summed E-state index contributed by atoms with van der Waals surface area (Å²) in [6.07, 6.45) is 2.68. The summed E-state index contributed by atoms with van der Waals surface area (Å²) in [4.78, 5) is 31.5. The van der Waals surface area contributed by atoms with Gasteiger partial charge in [0.2, 0.25) is 5.91 Å². The molecule has 0 aromatic heterocycles. The number of halogens is 3. The average Bonchev–Trinajstić information content (AvgIpc) is 3.45. The molecule has 2 aromatic carbocycles. The number of piperidine rings is 1. The van der Waals surface area contributed by atoms with Crippen molar-refractivity contribution in [2.75, 3.05) is 18.4 Å². The van der Waals surface area contributed by atoms with Crippen molar-refractivity contribution in [2.24, 2.45) is 5.92 Å². The summed E-state index contributed by atoms with van der Waals surface area (Å²) < 4.78 is 42.1. The molecule has 2 heterocycles. The van der Waals surface area contributed by atoms with Crippen LogP contribution in [0.5, 0.6) is 0 Å². The molecule has 0 saturated carbocycles. The number of carbonyl (C=O) groups is 2. The lowest BCUT2D eigenvalue weighted by Crippen LogP contribution is -2.47. The standard InChI is InChI=1S/C36H44F3N3O2/c1-23-9-5-13-29(37)31(23)35(44)42-20-7-12-28(34(43)40-27-11-6-10-26(21-27)36(2,3)4)32(42)25-17-15-24(16-18-25)22-41-19-8-14-30(41)33(38)39/h6,10-11,13,15-18,21,28,30,32-33H,5,7-9,12,14,19-20,22H2,1-4H3,(H,40,43). The summed E-state index contributed by atoms with van der Waals surface area (Å²) in [5, 5.41) is 3.10. The van der Waals surface area contributed by atoms with Gasteiger partial charge in [-0.3, -0.25) is 14.5 Å². The van der Waals surface area contributed by atoms with Gasteiger partial charge in [-0.1, -0.05) is 62.7 Å². The molecule has 3 unspecified atom stereocenters. The molecule has 2 fully saturated rings. The number of allylic oxidation sites excluding steroid dienone is 2. The van der Waals surface area contributed by atoms with E-state index in [2.05, 4.69) is 26.1 Å². The van der Waals surface area contributed by atoms with Crippen molar-refractivity contribution >= 4 is 17.5 Å². The van der Waals surface area contributed by atoms with Crippen molar-refractivity contribution in [3.05, 3.63) is 88.3 Å². The predicted molar refractivity (Wildman–Crippen MR) is 168 cm³/mol. The minimum Gasteiger partial charge on any atom is -0.331 e. The molecule has 1 aliphatic carbocycles. The third kappa shape index (κ3) is 6.96. The molecular weight excluding hydrogens is 563 g/mol. The summed E-state index contributed by atoms with van der Waals surface area (Å²) in [7, 11) is 0. The number of anilines is 1. The van der Waals surface area contributed by atoms with Gasteiger partial charge in [0.1, 0.15) is 5.83 Å². The Kier molecular flexibility index (Phi) is 9.68. The Balaban J connectivity index is 1.45. The number of rotatable bonds is 7. The SMILES string of the molecule is CC1=C(C(=O)N2CCCC(C(=O)Nc3cccc(C(C)(C)C)c3)C2c2ccc(CN3CCCC3C(F)F)cc2)C(F)=CCC1. The largest absolute Gasteiger partial charge is 0.331 e. The molecular formula is C36H44F3N3O2. The quantitative estimate of drug-likeness (QED) is 0.346. The molecule has 3 atom stereocenters. The van der Waals surface area contributed by atoms with Gasteiger partial charge in [-0.15, -0.1) is 0 Å². The summed E-state index contributed by atoms with van der Waals surface area (Å²) in [6, 6.07) is 14.1. The van der Waals surface area contributed by atoms with Gasteiger partial charge in [0.25, 0.3) is 12.3 Å². The van der Waals surface area contributed by atoms with E-state index in [1.165, 1.54) is 6.08 Å². The van der Waals surface area contributed by atoms with Crippen molar-refractivity contribution in [1.29, 1.82) is 0 Å². The molecule has 236 valence electrons. The number of benzene rings is 2. The lowest BCUT2D eigenvalue weighted by atomic mass is 9.82. The van der Waals surface area contributed by atoms with E-state index in [0.29, 0.717) is 63.0 Å². The Morgan fingerprint density at radius 3 is 2.43 bits per heavy atom. The van der Waals surface area contributed by atoms with Gasteiger partial charge in [0.15, 0.2) is 0 Å². The molecule has 2 saturated heterocycles. The van der Waals surface area contributed by atoms with E-state index in [1.54, 1.807) is 11.8 Å². The number of nitrogens with one attached hydrogen (secondary N) is 1. The Hall–Kier alpha value is -3.39. The fourth-order valence-electron chi connectivity index (χ4n) is 6.87. The first-order valence-electron chi connectivity index (χ1n) is 15.8. The van der Waals surface area contributed by atoms with Crippen LogP contribution < -0.4 is 5.32 Å². The number of likely N-dealkylation sites (tertiary alicyclic amines) is 2. The predicted octanol–water partition coefficient (Wildman–Crippen LogP) is 8.10. The maximum Gasteiger partial charge on any atom is 0.257 e. The highest BCUT2D eigenvalue weighted by molar-refractivity contribution is 5.99. The van der Waals surface area contributed by atoms with Crippen LogP contribution in [0.1, 0.15) is 89.0 Å². The minimum absolute atomic E-state index is 0.0906.